The molecular formula is C14H24O5. The van der Waals surface area contributed by atoms with E-state index in [4.69, 9.17) is 9.47 Å². The summed E-state index contributed by atoms with van der Waals surface area (Å²) in [6.45, 7) is 2.11. The monoisotopic (exact) mass is 272 g/mol. The first-order valence-corrected chi connectivity index (χ1v) is 6.83. The first-order chi connectivity index (χ1) is 9.06. The molecule has 0 spiro atoms. The maximum atomic E-state index is 11.6. The van der Waals surface area contributed by atoms with Crippen molar-refractivity contribution in [2.75, 3.05) is 20.8 Å². The minimum atomic E-state index is -0.443. The summed E-state index contributed by atoms with van der Waals surface area (Å²) in [5.74, 6) is -0.727. The van der Waals surface area contributed by atoms with Gasteiger partial charge in [-0.25, -0.2) is 0 Å². The molecule has 110 valence electrons. The van der Waals surface area contributed by atoms with Crippen molar-refractivity contribution in [3.63, 3.8) is 0 Å². The number of esters is 2. The maximum Gasteiger partial charge on any atom is 0.308 e. The topological polar surface area (TPSA) is 61.8 Å². The summed E-state index contributed by atoms with van der Waals surface area (Å²) >= 11 is 0. The number of hydrogen-bond donors (Lipinski definition) is 0. The van der Waals surface area contributed by atoms with Gasteiger partial charge in [-0.05, 0) is 31.6 Å². The Labute approximate surface area is 114 Å². The molecule has 0 aliphatic heterocycles. The highest BCUT2D eigenvalue weighted by Crippen LogP contribution is 2.26. The van der Waals surface area contributed by atoms with Crippen LogP contribution in [0.5, 0.6) is 0 Å². The van der Waals surface area contributed by atoms with Crippen LogP contribution < -0.4 is 0 Å². The fourth-order valence-electron chi connectivity index (χ4n) is 2.34. The van der Waals surface area contributed by atoms with E-state index in [1.54, 1.807) is 14.0 Å². The smallest absolute Gasteiger partial charge is 0.308 e. The second-order valence-corrected chi connectivity index (χ2v) is 5.19. The Bertz CT molecular complexity index is 294. The largest absolute Gasteiger partial charge is 0.469 e. The Hall–Kier alpha value is -1.10. The van der Waals surface area contributed by atoms with Gasteiger partial charge in [0.2, 0.25) is 0 Å². The lowest BCUT2D eigenvalue weighted by atomic mass is 9.88. The minimum Gasteiger partial charge on any atom is -0.469 e. The summed E-state index contributed by atoms with van der Waals surface area (Å²) in [5.41, 5.74) is 0. The van der Waals surface area contributed by atoms with E-state index < -0.39 is 5.92 Å². The molecule has 0 aromatic heterocycles. The van der Waals surface area contributed by atoms with Crippen molar-refractivity contribution in [3.8, 4) is 0 Å². The first-order valence-electron chi connectivity index (χ1n) is 6.83. The number of carbonyl (C=O) groups is 2. The van der Waals surface area contributed by atoms with E-state index in [0.29, 0.717) is 18.6 Å². The molecule has 1 atom stereocenters. The fraction of sp³-hybridized carbons (Fsp3) is 0.857. The summed E-state index contributed by atoms with van der Waals surface area (Å²) in [7, 11) is 3.05. The van der Waals surface area contributed by atoms with E-state index in [1.807, 2.05) is 0 Å². The van der Waals surface area contributed by atoms with Crippen LogP contribution in [0.15, 0.2) is 0 Å². The average molecular weight is 272 g/mol. The second-order valence-electron chi connectivity index (χ2n) is 5.19. The number of methoxy groups -OCH3 is 2. The van der Waals surface area contributed by atoms with Crippen molar-refractivity contribution in [2.24, 2.45) is 11.8 Å². The van der Waals surface area contributed by atoms with Gasteiger partial charge in [-0.2, -0.15) is 0 Å². The summed E-state index contributed by atoms with van der Waals surface area (Å²) in [6, 6.07) is 0. The molecule has 0 bridgehead atoms. The van der Waals surface area contributed by atoms with E-state index in [9.17, 15) is 9.59 Å². The summed E-state index contributed by atoms with van der Waals surface area (Å²) in [4.78, 5) is 22.8. The minimum absolute atomic E-state index is 0.0834. The molecule has 1 saturated carbocycles. The molecule has 19 heavy (non-hydrogen) atoms. The van der Waals surface area contributed by atoms with Crippen LogP contribution in [0.3, 0.4) is 0 Å². The van der Waals surface area contributed by atoms with E-state index in [1.165, 1.54) is 7.11 Å². The quantitative estimate of drug-likeness (QED) is 0.691. The lowest BCUT2D eigenvalue weighted by Crippen LogP contribution is -2.25. The number of carbonyl (C=O) groups excluding carboxylic acids is 2. The van der Waals surface area contributed by atoms with Gasteiger partial charge in [0.05, 0.1) is 32.2 Å². The van der Waals surface area contributed by atoms with Crippen molar-refractivity contribution in [1.82, 2.24) is 0 Å². The van der Waals surface area contributed by atoms with Crippen LogP contribution in [-0.4, -0.2) is 38.9 Å². The van der Waals surface area contributed by atoms with Crippen LogP contribution >= 0.6 is 0 Å². The molecule has 0 N–H and O–H groups in total. The third-order valence-electron chi connectivity index (χ3n) is 3.68. The number of ether oxygens (including phenoxy) is 3. The van der Waals surface area contributed by atoms with Gasteiger partial charge in [0.25, 0.3) is 0 Å². The second kappa shape index (κ2) is 8.15. The van der Waals surface area contributed by atoms with Crippen molar-refractivity contribution < 1.29 is 23.8 Å². The molecule has 0 unspecified atom stereocenters. The van der Waals surface area contributed by atoms with Crippen LogP contribution in [0.1, 0.15) is 39.0 Å². The standard InChI is InChI=1S/C14H24O5/c1-10(14(16)18-3)8-13(15)19-9-11-4-6-12(17-2)7-5-11/h10-12H,4-9H2,1-3H3/t10-,11?,12?/m1/s1. The molecule has 0 aromatic rings. The Morgan fingerprint density at radius 3 is 2.32 bits per heavy atom. The molecule has 0 radical (unpaired) electrons. The Balaban J connectivity index is 2.18. The van der Waals surface area contributed by atoms with Gasteiger partial charge in [0.1, 0.15) is 0 Å². The van der Waals surface area contributed by atoms with Gasteiger partial charge < -0.3 is 14.2 Å². The van der Waals surface area contributed by atoms with Gasteiger partial charge >= 0.3 is 11.9 Å². The van der Waals surface area contributed by atoms with Crippen LogP contribution in [0, 0.1) is 11.8 Å². The maximum absolute atomic E-state index is 11.6. The van der Waals surface area contributed by atoms with Crippen LogP contribution in [0.2, 0.25) is 0 Å². The van der Waals surface area contributed by atoms with Crippen molar-refractivity contribution >= 4 is 11.9 Å². The van der Waals surface area contributed by atoms with E-state index in [2.05, 4.69) is 4.74 Å². The zero-order valence-corrected chi connectivity index (χ0v) is 12.0. The van der Waals surface area contributed by atoms with Crippen molar-refractivity contribution in [3.05, 3.63) is 0 Å². The highest BCUT2D eigenvalue weighted by molar-refractivity contribution is 5.79. The molecule has 0 amide bonds. The van der Waals surface area contributed by atoms with Crippen molar-refractivity contribution in [2.45, 2.75) is 45.1 Å². The molecule has 5 nitrogen and oxygen atoms in total. The Morgan fingerprint density at radius 2 is 1.79 bits per heavy atom. The summed E-state index contributed by atoms with van der Waals surface area (Å²) in [6.07, 6.45) is 4.54. The van der Waals surface area contributed by atoms with Gasteiger partial charge in [0, 0.05) is 7.11 Å². The van der Waals surface area contributed by atoms with Gasteiger partial charge in [0.15, 0.2) is 0 Å². The average Bonchev–Trinajstić information content (AvgIpc) is 2.44. The molecule has 1 aliphatic rings. The lowest BCUT2D eigenvalue weighted by molar-refractivity contribution is -0.153. The predicted molar refractivity (Wildman–Crippen MR) is 69.5 cm³/mol. The summed E-state index contributed by atoms with van der Waals surface area (Å²) in [5, 5.41) is 0. The van der Waals surface area contributed by atoms with Crippen LogP contribution in [-0.2, 0) is 23.8 Å². The highest BCUT2D eigenvalue weighted by Gasteiger charge is 2.23. The Kier molecular flexibility index (Phi) is 6.84. The Morgan fingerprint density at radius 1 is 1.16 bits per heavy atom. The van der Waals surface area contributed by atoms with E-state index in [0.717, 1.165) is 25.7 Å². The van der Waals surface area contributed by atoms with Gasteiger partial charge in [-0.1, -0.05) is 6.92 Å². The fourth-order valence-corrected chi connectivity index (χ4v) is 2.34. The zero-order chi connectivity index (χ0) is 14.3. The number of rotatable bonds is 6. The molecule has 5 heteroatoms. The zero-order valence-electron chi connectivity index (χ0n) is 12.0. The molecule has 0 aromatic carbocycles. The van der Waals surface area contributed by atoms with Crippen LogP contribution in [0.25, 0.3) is 0 Å². The van der Waals surface area contributed by atoms with E-state index >= 15 is 0 Å². The molecule has 0 heterocycles. The molecular weight excluding hydrogens is 248 g/mol. The SMILES string of the molecule is COC(=O)[C@H](C)CC(=O)OCC1CCC(OC)CC1. The lowest BCUT2D eigenvalue weighted by Gasteiger charge is -2.27. The molecule has 1 fully saturated rings. The van der Waals surface area contributed by atoms with Crippen LogP contribution in [0.4, 0.5) is 0 Å². The molecule has 1 rings (SSSR count). The molecule has 1 aliphatic carbocycles. The van der Waals surface area contributed by atoms with Gasteiger partial charge in [-0.3, -0.25) is 9.59 Å². The molecule has 0 saturated heterocycles. The summed E-state index contributed by atoms with van der Waals surface area (Å²) < 4.78 is 15.1. The normalized spacial score (nSPS) is 24.6. The first kappa shape index (κ1) is 16.0. The predicted octanol–water partition coefficient (Wildman–Crippen LogP) is 1.93. The third-order valence-corrected chi connectivity index (χ3v) is 3.68. The van der Waals surface area contributed by atoms with E-state index in [-0.39, 0.29) is 18.4 Å². The van der Waals surface area contributed by atoms with Gasteiger partial charge in [-0.15, -0.1) is 0 Å². The number of hydrogen-bond acceptors (Lipinski definition) is 5. The van der Waals surface area contributed by atoms with Crippen molar-refractivity contribution in [1.29, 1.82) is 0 Å². The highest BCUT2D eigenvalue weighted by atomic mass is 16.5. The third kappa shape index (κ3) is 5.59.